The molecule has 6 heteroatoms. The van der Waals surface area contributed by atoms with Gasteiger partial charge in [-0.2, -0.15) is 0 Å². The van der Waals surface area contributed by atoms with Gasteiger partial charge in [0.1, 0.15) is 5.75 Å². The third kappa shape index (κ3) is 6.65. The number of anilines is 1. The van der Waals surface area contributed by atoms with Gasteiger partial charge in [-0.15, -0.1) is 0 Å². The van der Waals surface area contributed by atoms with Crippen LogP contribution in [0.25, 0.3) is 0 Å². The minimum Gasteiger partial charge on any atom is -0.480 e. The van der Waals surface area contributed by atoms with Gasteiger partial charge in [-0.1, -0.05) is 31.9 Å². The molecule has 6 nitrogen and oxygen atoms in total. The maximum absolute atomic E-state index is 11.9. The Hall–Kier alpha value is -2.24. The maximum Gasteiger partial charge on any atom is 0.341 e. The predicted molar refractivity (Wildman–Crippen MR) is 80.7 cm³/mol. The van der Waals surface area contributed by atoms with Crippen molar-refractivity contribution in [3.05, 3.63) is 24.3 Å². The smallest absolute Gasteiger partial charge is 0.341 e. The predicted octanol–water partition coefficient (Wildman–Crippen LogP) is 2.85. The molecule has 0 spiro atoms. The minimum absolute atomic E-state index is 0.0806. The number of hydrogen-bond donors (Lipinski definition) is 3. The van der Waals surface area contributed by atoms with E-state index in [4.69, 9.17) is 9.84 Å². The van der Waals surface area contributed by atoms with Crippen LogP contribution in [0, 0.1) is 0 Å². The molecule has 0 radical (unpaired) electrons. The largest absolute Gasteiger partial charge is 0.480 e. The van der Waals surface area contributed by atoms with Gasteiger partial charge in [0.2, 0.25) is 0 Å². The highest BCUT2D eigenvalue weighted by Gasteiger charge is 2.10. The van der Waals surface area contributed by atoms with E-state index in [1.54, 1.807) is 24.3 Å². The molecule has 0 bridgehead atoms. The topological polar surface area (TPSA) is 87.7 Å². The fourth-order valence-corrected chi connectivity index (χ4v) is 1.80. The lowest BCUT2D eigenvalue weighted by Gasteiger charge is -2.15. The van der Waals surface area contributed by atoms with Gasteiger partial charge in [0.05, 0.1) is 5.69 Å². The number of rotatable bonds is 8. The van der Waals surface area contributed by atoms with Gasteiger partial charge < -0.3 is 20.5 Å². The van der Waals surface area contributed by atoms with Gasteiger partial charge in [-0.25, -0.2) is 9.59 Å². The molecular formula is C15H22N2O4. The Bertz CT molecular complexity index is 476. The number of hydrogen-bond acceptors (Lipinski definition) is 3. The van der Waals surface area contributed by atoms with Gasteiger partial charge in [0.25, 0.3) is 0 Å². The van der Waals surface area contributed by atoms with E-state index in [1.807, 2.05) is 6.92 Å². The average Bonchev–Trinajstić information content (AvgIpc) is 2.44. The molecule has 1 rings (SSSR count). The molecule has 0 saturated carbocycles. The molecule has 1 aromatic rings. The Labute approximate surface area is 124 Å². The summed E-state index contributed by atoms with van der Waals surface area (Å²) in [5.74, 6) is -0.737. The monoisotopic (exact) mass is 294 g/mol. The van der Waals surface area contributed by atoms with Gasteiger partial charge in [-0.3, -0.25) is 0 Å². The van der Waals surface area contributed by atoms with E-state index < -0.39 is 12.6 Å². The summed E-state index contributed by atoms with van der Waals surface area (Å²) in [7, 11) is 0. The fraction of sp³-hybridized carbons (Fsp3) is 0.467. The van der Waals surface area contributed by atoms with Crippen LogP contribution >= 0.6 is 0 Å². The third-order valence-corrected chi connectivity index (χ3v) is 2.85. The van der Waals surface area contributed by atoms with Crippen molar-refractivity contribution in [2.24, 2.45) is 0 Å². The fourth-order valence-electron chi connectivity index (χ4n) is 1.80. The van der Waals surface area contributed by atoms with Crippen LogP contribution in [-0.2, 0) is 4.79 Å². The average molecular weight is 294 g/mol. The molecule has 116 valence electrons. The first kappa shape index (κ1) is 16.8. The standard InChI is InChI=1S/C15H22N2O4/c1-3-4-7-11(2)16-15(20)17-12-8-5-6-9-13(12)21-10-14(18)19/h5-6,8-9,11H,3-4,7,10H2,1-2H3,(H,18,19)(H2,16,17,20). The number of benzene rings is 1. The zero-order chi connectivity index (χ0) is 15.7. The molecule has 0 heterocycles. The molecule has 0 saturated heterocycles. The Kier molecular flexibility index (Phi) is 7.08. The van der Waals surface area contributed by atoms with E-state index in [1.165, 1.54) is 0 Å². The van der Waals surface area contributed by atoms with Crippen molar-refractivity contribution in [2.45, 2.75) is 39.2 Å². The lowest BCUT2D eigenvalue weighted by Crippen LogP contribution is -2.36. The first-order valence-corrected chi connectivity index (χ1v) is 7.04. The van der Waals surface area contributed by atoms with Crippen LogP contribution in [0.2, 0.25) is 0 Å². The van der Waals surface area contributed by atoms with E-state index in [9.17, 15) is 9.59 Å². The van der Waals surface area contributed by atoms with Gasteiger partial charge in [0, 0.05) is 6.04 Å². The number of amides is 2. The first-order valence-electron chi connectivity index (χ1n) is 7.04. The van der Waals surface area contributed by atoms with E-state index in [0.29, 0.717) is 11.4 Å². The summed E-state index contributed by atoms with van der Waals surface area (Å²) in [4.78, 5) is 22.4. The highest BCUT2D eigenvalue weighted by atomic mass is 16.5. The quantitative estimate of drug-likeness (QED) is 0.688. The molecule has 3 N–H and O–H groups in total. The van der Waals surface area contributed by atoms with E-state index in [0.717, 1.165) is 19.3 Å². The third-order valence-electron chi connectivity index (χ3n) is 2.85. The number of carbonyl (C=O) groups excluding carboxylic acids is 1. The Balaban J connectivity index is 2.57. The zero-order valence-electron chi connectivity index (χ0n) is 12.4. The molecule has 1 aromatic carbocycles. The molecule has 1 atom stereocenters. The van der Waals surface area contributed by atoms with Crippen LogP contribution in [0.1, 0.15) is 33.1 Å². The minimum atomic E-state index is -1.07. The maximum atomic E-state index is 11.9. The zero-order valence-corrected chi connectivity index (χ0v) is 12.4. The SMILES string of the molecule is CCCCC(C)NC(=O)Nc1ccccc1OCC(=O)O. The summed E-state index contributed by atoms with van der Waals surface area (Å²) in [6.07, 6.45) is 3.06. The highest BCUT2D eigenvalue weighted by molar-refractivity contribution is 5.91. The van der Waals surface area contributed by atoms with E-state index in [2.05, 4.69) is 17.6 Å². The lowest BCUT2D eigenvalue weighted by molar-refractivity contribution is -0.139. The number of carbonyl (C=O) groups is 2. The van der Waals surface area contributed by atoms with E-state index >= 15 is 0 Å². The Morgan fingerprint density at radius 1 is 1.33 bits per heavy atom. The number of unbranched alkanes of at least 4 members (excludes halogenated alkanes) is 1. The summed E-state index contributed by atoms with van der Waals surface area (Å²) < 4.78 is 5.13. The van der Waals surface area contributed by atoms with Gasteiger partial charge >= 0.3 is 12.0 Å². The van der Waals surface area contributed by atoms with Crippen molar-refractivity contribution in [3.63, 3.8) is 0 Å². The second-order valence-electron chi connectivity index (χ2n) is 4.82. The van der Waals surface area contributed by atoms with Crippen molar-refractivity contribution in [1.29, 1.82) is 0 Å². The molecule has 1 unspecified atom stereocenters. The molecule has 2 amide bonds. The summed E-state index contributed by atoms with van der Waals surface area (Å²) in [5, 5.41) is 14.1. The second-order valence-corrected chi connectivity index (χ2v) is 4.82. The first-order chi connectivity index (χ1) is 10.0. The normalized spacial score (nSPS) is 11.5. The van der Waals surface area contributed by atoms with Crippen molar-refractivity contribution in [2.75, 3.05) is 11.9 Å². The second kappa shape index (κ2) is 8.84. The molecule has 0 fully saturated rings. The molecule has 0 aliphatic rings. The van der Waals surface area contributed by atoms with Crippen molar-refractivity contribution < 1.29 is 19.4 Å². The molecule has 0 aliphatic heterocycles. The van der Waals surface area contributed by atoms with Crippen LogP contribution < -0.4 is 15.4 Å². The van der Waals surface area contributed by atoms with Crippen molar-refractivity contribution >= 4 is 17.7 Å². The number of ether oxygens (including phenoxy) is 1. The number of nitrogens with one attached hydrogen (secondary N) is 2. The van der Waals surface area contributed by atoms with Crippen LogP contribution in [0.4, 0.5) is 10.5 Å². The molecule has 21 heavy (non-hydrogen) atoms. The Morgan fingerprint density at radius 2 is 2.05 bits per heavy atom. The molecular weight excluding hydrogens is 272 g/mol. The number of urea groups is 1. The number of para-hydroxylation sites is 2. The van der Waals surface area contributed by atoms with Crippen molar-refractivity contribution in [3.8, 4) is 5.75 Å². The number of carboxylic acid groups (broad SMARTS) is 1. The van der Waals surface area contributed by atoms with Crippen molar-refractivity contribution in [1.82, 2.24) is 5.32 Å². The van der Waals surface area contributed by atoms with Crippen LogP contribution in [0.5, 0.6) is 5.75 Å². The van der Waals surface area contributed by atoms with Crippen LogP contribution in [0.15, 0.2) is 24.3 Å². The molecule has 0 aliphatic carbocycles. The van der Waals surface area contributed by atoms with Crippen LogP contribution in [0.3, 0.4) is 0 Å². The molecule has 0 aromatic heterocycles. The summed E-state index contributed by atoms with van der Waals surface area (Å²) in [6, 6.07) is 6.47. The lowest BCUT2D eigenvalue weighted by atomic mass is 10.1. The van der Waals surface area contributed by atoms with Gasteiger partial charge in [-0.05, 0) is 25.5 Å². The van der Waals surface area contributed by atoms with Gasteiger partial charge in [0.15, 0.2) is 6.61 Å². The summed E-state index contributed by atoms with van der Waals surface area (Å²) in [5.41, 5.74) is 0.443. The van der Waals surface area contributed by atoms with E-state index in [-0.39, 0.29) is 12.1 Å². The van der Waals surface area contributed by atoms with Crippen LogP contribution in [-0.4, -0.2) is 29.8 Å². The highest BCUT2D eigenvalue weighted by Crippen LogP contribution is 2.23. The summed E-state index contributed by atoms with van der Waals surface area (Å²) >= 11 is 0. The number of aliphatic carboxylic acids is 1. The number of carboxylic acids is 1. The summed E-state index contributed by atoms with van der Waals surface area (Å²) in [6.45, 7) is 3.60. The Morgan fingerprint density at radius 3 is 2.71 bits per heavy atom.